The number of benzene rings is 2. The second kappa shape index (κ2) is 8.68. The smallest absolute Gasteiger partial charge is 0.244 e. The molecule has 5 rings (SSSR count). The average molecular weight is 415 g/mol. The van der Waals surface area contributed by atoms with Gasteiger partial charge >= 0.3 is 0 Å². The summed E-state index contributed by atoms with van der Waals surface area (Å²) in [7, 11) is 0. The SMILES string of the molecule is O=C(/C=C/c1cn(-c2ccccc2)nc1-c1ccc2c(c1)OCCO2)NC1CCCC1. The summed E-state index contributed by atoms with van der Waals surface area (Å²) in [6.45, 7) is 1.09. The predicted octanol–water partition coefficient (Wildman–Crippen LogP) is 4.38. The maximum Gasteiger partial charge on any atom is 0.244 e. The first-order valence-corrected chi connectivity index (χ1v) is 10.8. The summed E-state index contributed by atoms with van der Waals surface area (Å²) in [6.07, 6.45) is 9.89. The van der Waals surface area contributed by atoms with E-state index in [0.717, 1.165) is 41.1 Å². The Labute approximate surface area is 181 Å². The molecule has 1 saturated carbocycles. The summed E-state index contributed by atoms with van der Waals surface area (Å²) in [4.78, 5) is 12.4. The van der Waals surface area contributed by atoms with Crippen molar-refractivity contribution < 1.29 is 14.3 Å². The monoisotopic (exact) mass is 415 g/mol. The van der Waals surface area contributed by atoms with Gasteiger partial charge in [-0.3, -0.25) is 4.79 Å². The highest BCUT2D eigenvalue weighted by Crippen LogP contribution is 2.35. The fraction of sp³-hybridized carbons (Fsp3) is 0.280. The Morgan fingerprint density at radius 1 is 1.03 bits per heavy atom. The second-order valence-corrected chi connectivity index (χ2v) is 7.89. The van der Waals surface area contributed by atoms with Crippen molar-refractivity contribution >= 4 is 12.0 Å². The molecule has 6 heteroatoms. The minimum atomic E-state index is -0.0625. The number of carbonyl (C=O) groups excluding carboxylic acids is 1. The van der Waals surface area contributed by atoms with Crippen LogP contribution in [0.25, 0.3) is 23.0 Å². The molecule has 0 spiro atoms. The molecule has 3 aromatic rings. The first kappa shape index (κ1) is 19.4. The van der Waals surface area contributed by atoms with E-state index in [2.05, 4.69) is 5.32 Å². The first-order valence-electron chi connectivity index (χ1n) is 10.8. The Morgan fingerprint density at radius 3 is 2.61 bits per heavy atom. The van der Waals surface area contributed by atoms with E-state index in [0.29, 0.717) is 25.0 Å². The van der Waals surface area contributed by atoms with Crippen molar-refractivity contribution in [1.82, 2.24) is 15.1 Å². The standard InChI is InChI=1S/C25H25N3O3/c29-24(26-20-6-4-5-7-20)13-11-19-17-28(21-8-2-1-3-9-21)27-25(19)18-10-12-22-23(16-18)31-15-14-30-22/h1-3,8-13,16-17,20H,4-7,14-15H2,(H,26,29)/b13-11+. The third kappa shape index (κ3) is 4.33. The molecule has 0 radical (unpaired) electrons. The van der Waals surface area contributed by atoms with E-state index in [-0.39, 0.29) is 5.91 Å². The maximum atomic E-state index is 12.4. The van der Waals surface area contributed by atoms with Gasteiger partial charge in [0.05, 0.1) is 5.69 Å². The van der Waals surface area contributed by atoms with Crippen LogP contribution >= 0.6 is 0 Å². The fourth-order valence-electron chi connectivity index (χ4n) is 4.12. The van der Waals surface area contributed by atoms with Gasteiger partial charge < -0.3 is 14.8 Å². The summed E-state index contributed by atoms with van der Waals surface area (Å²) in [6, 6.07) is 16.1. The topological polar surface area (TPSA) is 65.4 Å². The van der Waals surface area contributed by atoms with Gasteiger partial charge in [-0.25, -0.2) is 4.68 Å². The van der Waals surface area contributed by atoms with Gasteiger partial charge in [0.2, 0.25) is 5.91 Å². The molecule has 1 aliphatic carbocycles. The largest absolute Gasteiger partial charge is 0.486 e. The highest BCUT2D eigenvalue weighted by Gasteiger charge is 2.18. The van der Waals surface area contributed by atoms with Gasteiger partial charge in [-0.15, -0.1) is 0 Å². The highest BCUT2D eigenvalue weighted by atomic mass is 16.6. The molecule has 6 nitrogen and oxygen atoms in total. The summed E-state index contributed by atoms with van der Waals surface area (Å²) in [5.41, 5.74) is 3.51. The van der Waals surface area contributed by atoms with Gasteiger partial charge in [-0.1, -0.05) is 31.0 Å². The van der Waals surface area contributed by atoms with Crippen LogP contribution in [-0.2, 0) is 4.79 Å². The van der Waals surface area contributed by atoms with E-state index in [1.807, 2.05) is 65.5 Å². The van der Waals surface area contributed by atoms with E-state index < -0.39 is 0 Å². The lowest BCUT2D eigenvalue weighted by atomic mass is 10.1. The van der Waals surface area contributed by atoms with Gasteiger partial charge in [-0.05, 0) is 49.2 Å². The molecule has 0 unspecified atom stereocenters. The summed E-state index contributed by atoms with van der Waals surface area (Å²) >= 11 is 0. The normalized spacial score (nSPS) is 16.0. The van der Waals surface area contributed by atoms with Gasteiger partial charge in [0.25, 0.3) is 0 Å². The van der Waals surface area contributed by atoms with Crippen LogP contribution < -0.4 is 14.8 Å². The number of rotatable bonds is 5. The summed E-state index contributed by atoms with van der Waals surface area (Å²) in [5, 5.41) is 7.92. The summed E-state index contributed by atoms with van der Waals surface area (Å²) < 4.78 is 13.2. The lowest BCUT2D eigenvalue weighted by molar-refractivity contribution is -0.117. The third-order valence-corrected chi connectivity index (χ3v) is 5.69. The quantitative estimate of drug-likeness (QED) is 0.628. The number of fused-ring (bicyclic) bond motifs is 1. The Bertz CT molecular complexity index is 1100. The zero-order chi connectivity index (χ0) is 21.0. The van der Waals surface area contributed by atoms with Gasteiger partial charge in [0.1, 0.15) is 18.9 Å². The minimum Gasteiger partial charge on any atom is -0.486 e. The number of carbonyl (C=O) groups is 1. The molecular formula is C25H25N3O3. The number of hydrogen-bond donors (Lipinski definition) is 1. The minimum absolute atomic E-state index is 0.0625. The van der Waals surface area contributed by atoms with Crippen molar-refractivity contribution in [3.05, 3.63) is 66.4 Å². The lowest BCUT2D eigenvalue weighted by Crippen LogP contribution is -2.30. The van der Waals surface area contributed by atoms with Crippen molar-refractivity contribution in [2.75, 3.05) is 13.2 Å². The van der Waals surface area contributed by atoms with Crippen molar-refractivity contribution in [2.45, 2.75) is 31.7 Å². The van der Waals surface area contributed by atoms with Crippen LogP contribution in [0.5, 0.6) is 11.5 Å². The van der Waals surface area contributed by atoms with Crippen LogP contribution in [0.1, 0.15) is 31.2 Å². The Morgan fingerprint density at radius 2 is 1.81 bits per heavy atom. The number of nitrogens with one attached hydrogen (secondary N) is 1. The third-order valence-electron chi connectivity index (χ3n) is 5.69. The first-order chi connectivity index (χ1) is 15.3. The molecule has 1 N–H and O–H groups in total. The molecule has 0 bridgehead atoms. The summed E-state index contributed by atoms with van der Waals surface area (Å²) in [5.74, 6) is 1.39. The number of amides is 1. The zero-order valence-electron chi connectivity index (χ0n) is 17.3. The van der Waals surface area contributed by atoms with Crippen LogP contribution in [0.3, 0.4) is 0 Å². The van der Waals surface area contributed by atoms with E-state index in [9.17, 15) is 4.79 Å². The van der Waals surface area contributed by atoms with E-state index in [1.54, 1.807) is 6.08 Å². The Hall–Kier alpha value is -3.54. The van der Waals surface area contributed by atoms with Crippen molar-refractivity contribution in [3.63, 3.8) is 0 Å². The number of ether oxygens (including phenoxy) is 2. The van der Waals surface area contributed by atoms with Gasteiger partial charge in [-0.2, -0.15) is 5.10 Å². The molecule has 1 fully saturated rings. The molecule has 31 heavy (non-hydrogen) atoms. The Balaban J connectivity index is 1.47. The molecule has 1 amide bonds. The number of nitrogens with zero attached hydrogens (tertiary/aromatic N) is 2. The van der Waals surface area contributed by atoms with Crippen LogP contribution in [0, 0.1) is 0 Å². The molecule has 158 valence electrons. The molecular weight excluding hydrogens is 390 g/mol. The Kier molecular flexibility index (Phi) is 5.44. The number of hydrogen-bond acceptors (Lipinski definition) is 4. The lowest BCUT2D eigenvalue weighted by Gasteiger charge is -2.18. The predicted molar refractivity (Wildman–Crippen MR) is 119 cm³/mol. The molecule has 1 aliphatic heterocycles. The molecule has 2 aromatic carbocycles. The van der Waals surface area contributed by atoms with E-state index >= 15 is 0 Å². The molecule has 2 heterocycles. The molecule has 0 saturated heterocycles. The van der Waals surface area contributed by atoms with Gasteiger partial charge in [0, 0.05) is 29.4 Å². The zero-order valence-corrected chi connectivity index (χ0v) is 17.3. The van der Waals surface area contributed by atoms with E-state index in [1.165, 1.54) is 12.8 Å². The fourth-order valence-corrected chi connectivity index (χ4v) is 4.12. The van der Waals surface area contributed by atoms with Gasteiger partial charge in [0.15, 0.2) is 11.5 Å². The van der Waals surface area contributed by atoms with Crippen LogP contribution in [0.2, 0.25) is 0 Å². The van der Waals surface area contributed by atoms with Crippen LogP contribution in [-0.4, -0.2) is 34.9 Å². The molecule has 1 aromatic heterocycles. The second-order valence-electron chi connectivity index (χ2n) is 7.89. The number of aromatic nitrogens is 2. The average Bonchev–Trinajstić information content (AvgIpc) is 3.48. The maximum absolute atomic E-state index is 12.4. The van der Waals surface area contributed by atoms with Crippen LogP contribution in [0.15, 0.2) is 60.8 Å². The van der Waals surface area contributed by atoms with Crippen molar-refractivity contribution in [2.24, 2.45) is 0 Å². The van der Waals surface area contributed by atoms with Crippen LogP contribution in [0.4, 0.5) is 0 Å². The van der Waals surface area contributed by atoms with E-state index in [4.69, 9.17) is 14.6 Å². The number of para-hydroxylation sites is 1. The van der Waals surface area contributed by atoms with Crippen molar-refractivity contribution in [1.29, 1.82) is 0 Å². The molecule has 2 aliphatic rings. The van der Waals surface area contributed by atoms with Crippen molar-refractivity contribution in [3.8, 4) is 28.4 Å². The highest BCUT2D eigenvalue weighted by molar-refractivity contribution is 5.93. The molecule has 0 atom stereocenters.